The molecule has 1 fully saturated rings. The first-order valence-electron chi connectivity index (χ1n) is 9.26. The molecule has 0 aliphatic carbocycles. The number of aryl methyl sites for hydroxylation is 1. The fourth-order valence-corrected chi connectivity index (χ4v) is 3.17. The SMILES string of the molecule is O=[N+]([O-])c1cc(C(F)(F)F)ccc1Oc1ccccc1CCCN1CCOCC1. The number of rotatable bonds is 7. The zero-order valence-corrected chi connectivity index (χ0v) is 15.7. The van der Waals surface area contributed by atoms with Crippen molar-refractivity contribution in [2.24, 2.45) is 0 Å². The fraction of sp³-hybridized carbons (Fsp3) is 0.400. The van der Waals surface area contributed by atoms with Crippen molar-refractivity contribution in [1.82, 2.24) is 4.90 Å². The molecule has 0 aromatic heterocycles. The number of morpholine rings is 1. The highest BCUT2D eigenvalue weighted by molar-refractivity contribution is 5.52. The van der Waals surface area contributed by atoms with Gasteiger partial charge in [0.05, 0.1) is 23.7 Å². The van der Waals surface area contributed by atoms with Crippen molar-refractivity contribution in [3.63, 3.8) is 0 Å². The summed E-state index contributed by atoms with van der Waals surface area (Å²) >= 11 is 0. The van der Waals surface area contributed by atoms with Gasteiger partial charge in [0, 0.05) is 19.2 Å². The van der Waals surface area contributed by atoms with E-state index >= 15 is 0 Å². The number of alkyl halides is 3. The molecule has 9 heteroatoms. The van der Waals surface area contributed by atoms with E-state index in [4.69, 9.17) is 9.47 Å². The molecule has 6 nitrogen and oxygen atoms in total. The van der Waals surface area contributed by atoms with Gasteiger partial charge in [-0.1, -0.05) is 18.2 Å². The Morgan fingerprint density at radius 2 is 1.83 bits per heavy atom. The van der Waals surface area contributed by atoms with Gasteiger partial charge in [-0.05, 0) is 43.1 Å². The van der Waals surface area contributed by atoms with E-state index in [9.17, 15) is 23.3 Å². The number of nitro groups is 1. The zero-order chi connectivity index (χ0) is 20.9. The number of nitro benzene ring substituents is 1. The molecule has 1 aliphatic rings. The zero-order valence-electron chi connectivity index (χ0n) is 15.7. The number of nitrogens with zero attached hydrogens (tertiary/aromatic N) is 2. The topological polar surface area (TPSA) is 64.8 Å². The summed E-state index contributed by atoms with van der Waals surface area (Å²) < 4.78 is 49.6. The van der Waals surface area contributed by atoms with Crippen molar-refractivity contribution >= 4 is 5.69 Å². The lowest BCUT2D eigenvalue weighted by atomic mass is 10.1. The maximum atomic E-state index is 12.9. The molecular weight excluding hydrogens is 389 g/mol. The Morgan fingerprint density at radius 1 is 1.10 bits per heavy atom. The Kier molecular flexibility index (Phi) is 6.71. The van der Waals surface area contributed by atoms with Crippen molar-refractivity contribution in [2.75, 3.05) is 32.8 Å². The number of halogens is 3. The van der Waals surface area contributed by atoms with E-state index in [1.54, 1.807) is 12.1 Å². The second-order valence-electron chi connectivity index (χ2n) is 6.70. The van der Waals surface area contributed by atoms with Crippen LogP contribution in [-0.2, 0) is 17.3 Å². The normalized spacial score (nSPS) is 15.3. The third-order valence-corrected chi connectivity index (χ3v) is 4.70. The van der Waals surface area contributed by atoms with Crippen LogP contribution in [0, 0.1) is 10.1 Å². The predicted octanol–water partition coefficient (Wildman–Crippen LogP) is 4.67. The molecule has 156 valence electrons. The first kappa shape index (κ1) is 21.1. The molecule has 1 saturated heterocycles. The number of hydrogen-bond donors (Lipinski definition) is 0. The summed E-state index contributed by atoms with van der Waals surface area (Å²) in [5.41, 5.74) is -0.965. The van der Waals surface area contributed by atoms with Crippen molar-refractivity contribution < 1.29 is 27.6 Å². The van der Waals surface area contributed by atoms with Crippen LogP contribution >= 0.6 is 0 Å². The number of ether oxygens (including phenoxy) is 2. The van der Waals surface area contributed by atoms with Crippen LogP contribution in [0.25, 0.3) is 0 Å². The van der Waals surface area contributed by atoms with Gasteiger partial charge in [0.1, 0.15) is 5.75 Å². The average molecular weight is 410 g/mol. The molecule has 0 N–H and O–H groups in total. The van der Waals surface area contributed by atoms with Crippen molar-refractivity contribution in [1.29, 1.82) is 0 Å². The number of benzene rings is 2. The van der Waals surface area contributed by atoms with Gasteiger partial charge in [-0.3, -0.25) is 15.0 Å². The smallest absolute Gasteiger partial charge is 0.416 e. The van der Waals surface area contributed by atoms with Gasteiger partial charge in [0.15, 0.2) is 0 Å². The summed E-state index contributed by atoms with van der Waals surface area (Å²) in [7, 11) is 0. The summed E-state index contributed by atoms with van der Waals surface area (Å²) in [5, 5.41) is 11.3. The minimum atomic E-state index is -4.67. The van der Waals surface area contributed by atoms with Crippen LogP contribution in [0.3, 0.4) is 0 Å². The van der Waals surface area contributed by atoms with Crippen LogP contribution in [0.1, 0.15) is 17.5 Å². The van der Waals surface area contributed by atoms with Gasteiger partial charge in [-0.25, -0.2) is 0 Å². The molecule has 0 amide bonds. The maximum absolute atomic E-state index is 12.9. The molecule has 1 heterocycles. The van der Waals surface area contributed by atoms with E-state index in [2.05, 4.69) is 4.90 Å². The van der Waals surface area contributed by atoms with Crippen LogP contribution in [0.15, 0.2) is 42.5 Å². The third-order valence-electron chi connectivity index (χ3n) is 4.70. The lowest BCUT2D eigenvalue weighted by Gasteiger charge is -2.26. The summed E-state index contributed by atoms with van der Waals surface area (Å²) in [6.07, 6.45) is -3.13. The highest BCUT2D eigenvalue weighted by atomic mass is 19.4. The Morgan fingerprint density at radius 3 is 2.52 bits per heavy atom. The van der Waals surface area contributed by atoms with E-state index in [-0.39, 0.29) is 5.75 Å². The van der Waals surface area contributed by atoms with Crippen LogP contribution in [0.4, 0.5) is 18.9 Å². The van der Waals surface area contributed by atoms with Gasteiger partial charge in [-0.2, -0.15) is 13.2 Å². The number of para-hydroxylation sites is 1. The fourth-order valence-electron chi connectivity index (χ4n) is 3.17. The molecule has 0 bridgehead atoms. The standard InChI is InChI=1S/C20H21F3N2O4/c21-20(22,23)16-7-8-19(17(14-16)25(26)27)29-18-6-2-1-4-15(18)5-3-9-24-10-12-28-13-11-24/h1-2,4,6-8,14H,3,5,9-13H2. The molecule has 0 radical (unpaired) electrons. The minimum Gasteiger partial charge on any atom is -0.450 e. The van der Waals surface area contributed by atoms with E-state index in [0.717, 1.165) is 57.0 Å². The van der Waals surface area contributed by atoms with Crippen molar-refractivity contribution in [3.8, 4) is 11.5 Å². The second kappa shape index (κ2) is 9.23. The van der Waals surface area contributed by atoms with Crippen LogP contribution in [0.2, 0.25) is 0 Å². The number of hydrogen-bond acceptors (Lipinski definition) is 5. The monoisotopic (exact) mass is 410 g/mol. The Hall–Kier alpha value is -2.65. The Balaban J connectivity index is 1.74. The highest BCUT2D eigenvalue weighted by Gasteiger charge is 2.33. The molecule has 29 heavy (non-hydrogen) atoms. The quantitative estimate of drug-likeness (QED) is 0.490. The molecule has 0 saturated carbocycles. The Bertz CT molecular complexity index is 852. The van der Waals surface area contributed by atoms with Gasteiger partial charge < -0.3 is 9.47 Å². The van der Waals surface area contributed by atoms with Gasteiger partial charge >= 0.3 is 11.9 Å². The average Bonchev–Trinajstić information content (AvgIpc) is 2.69. The molecular formula is C20H21F3N2O4. The van der Waals surface area contributed by atoms with E-state index in [1.165, 1.54) is 0 Å². The first-order chi connectivity index (χ1) is 13.8. The lowest BCUT2D eigenvalue weighted by Crippen LogP contribution is -2.36. The first-order valence-corrected chi connectivity index (χ1v) is 9.26. The van der Waals surface area contributed by atoms with E-state index < -0.39 is 22.4 Å². The van der Waals surface area contributed by atoms with Gasteiger partial charge in [0.25, 0.3) is 0 Å². The summed E-state index contributed by atoms with van der Waals surface area (Å²) in [5.74, 6) is 0.181. The minimum absolute atomic E-state index is 0.219. The summed E-state index contributed by atoms with van der Waals surface area (Å²) in [6, 6.07) is 9.33. The van der Waals surface area contributed by atoms with Crippen LogP contribution < -0.4 is 4.74 Å². The lowest BCUT2D eigenvalue weighted by molar-refractivity contribution is -0.385. The molecule has 0 atom stereocenters. The Labute approximate surface area is 166 Å². The maximum Gasteiger partial charge on any atom is 0.416 e. The van der Waals surface area contributed by atoms with Crippen molar-refractivity contribution in [3.05, 3.63) is 63.7 Å². The molecule has 1 aliphatic heterocycles. The molecule has 3 rings (SSSR count). The third kappa shape index (κ3) is 5.68. The van der Waals surface area contributed by atoms with Gasteiger partial charge in [-0.15, -0.1) is 0 Å². The second-order valence-corrected chi connectivity index (χ2v) is 6.70. The van der Waals surface area contributed by atoms with E-state index in [1.807, 2.05) is 12.1 Å². The predicted molar refractivity (Wildman–Crippen MR) is 100 cm³/mol. The van der Waals surface area contributed by atoms with Gasteiger partial charge in [0.2, 0.25) is 5.75 Å². The molecule has 2 aromatic rings. The van der Waals surface area contributed by atoms with Crippen LogP contribution in [-0.4, -0.2) is 42.7 Å². The molecule has 0 unspecified atom stereocenters. The summed E-state index contributed by atoms with van der Waals surface area (Å²) in [4.78, 5) is 12.7. The molecule has 2 aromatic carbocycles. The van der Waals surface area contributed by atoms with Crippen molar-refractivity contribution in [2.45, 2.75) is 19.0 Å². The van der Waals surface area contributed by atoms with E-state index in [0.29, 0.717) is 18.2 Å². The highest BCUT2D eigenvalue weighted by Crippen LogP contribution is 2.38. The van der Waals surface area contributed by atoms with Crippen LogP contribution in [0.5, 0.6) is 11.5 Å². The summed E-state index contributed by atoms with van der Waals surface area (Å²) in [6.45, 7) is 4.10. The molecule has 0 spiro atoms. The largest absolute Gasteiger partial charge is 0.450 e.